The van der Waals surface area contributed by atoms with Crippen molar-refractivity contribution in [3.8, 4) is 0 Å². The summed E-state index contributed by atoms with van der Waals surface area (Å²) in [6.45, 7) is 2.15. The van der Waals surface area contributed by atoms with Crippen LogP contribution in [0.15, 0.2) is 54.6 Å². The van der Waals surface area contributed by atoms with Gasteiger partial charge in [0.2, 0.25) is 5.91 Å². The molecule has 4 nitrogen and oxygen atoms in total. The van der Waals surface area contributed by atoms with E-state index in [1.165, 1.54) is 18.4 Å². The van der Waals surface area contributed by atoms with E-state index in [0.717, 1.165) is 24.2 Å². The third kappa shape index (κ3) is 4.69. The van der Waals surface area contributed by atoms with Crippen molar-refractivity contribution in [2.45, 2.75) is 57.2 Å². The first kappa shape index (κ1) is 18.1. The molecule has 0 saturated carbocycles. The van der Waals surface area contributed by atoms with E-state index >= 15 is 0 Å². The van der Waals surface area contributed by atoms with Crippen LogP contribution in [0.1, 0.15) is 50.6 Å². The largest absolute Gasteiger partial charge is 0.379 e. The van der Waals surface area contributed by atoms with E-state index < -0.39 is 0 Å². The summed E-state index contributed by atoms with van der Waals surface area (Å²) in [6, 6.07) is 19.9. The molecular weight excluding hydrogens is 334 g/mol. The standard InChI is InChI=1S/C23H29N3O/c1-16(18-5-3-2-4-6-18)24-19-7-9-20(10-8-19)26-23(27)15-17-13-21-11-12-22(14-17)25-21/h2-10,16-17,21-22,24-25H,11-15H2,1H3,(H,26,27). The van der Waals surface area contributed by atoms with Crippen molar-refractivity contribution in [1.29, 1.82) is 0 Å². The molecule has 2 fully saturated rings. The molecule has 3 N–H and O–H groups in total. The van der Waals surface area contributed by atoms with Crippen molar-refractivity contribution in [1.82, 2.24) is 5.32 Å². The Kier molecular flexibility index (Phi) is 5.44. The fourth-order valence-corrected chi connectivity index (χ4v) is 4.54. The zero-order chi connectivity index (χ0) is 18.6. The molecule has 2 aromatic carbocycles. The Morgan fingerprint density at radius 2 is 1.63 bits per heavy atom. The summed E-state index contributed by atoms with van der Waals surface area (Å²) in [7, 11) is 0. The highest BCUT2D eigenvalue weighted by Gasteiger charge is 2.34. The fourth-order valence-electron chi connectivity index (χ4n) is 4.54. The maximum atomic E-state index is 12.4. The highest BCUT2D eigenvalue weighted by Crippen LogP contribution is 2.32. The molecule has 4 heteroatoms. The van der Waals surface area contributed by atoms with E-state index in [1.54, 1.807) is 0 Å². The third-order valence-corrected chi connectivity index (χ3v) is 5.90. The number of rotatable bonds is 6. The molecule has 0 aromatic heterocycles. The lowest BCUT2D eigenvalue weighted by atomic mass is 9.89. The van der Waals surface area contributed by atoms with Gasteiger partial charge in [0.05, 0.1) is 0 Å². The lowest BCUT2D eigenvalue weighted by Gasteiger charge is -2.28. The van der Waals surface area contributed by atoms with Crippen LogP contribution >= 0.6 is 0 Å². The van der Waals surface area contributed by atoms with Crippen LogP contribution in [-0.4, -0.2) is 18.0 Å². The van der Waals surface area contributed by atoms with Crippen molar-refractivity contribution in [2.24, 2.45) is 5.92 Å². The molecule has 3 unspecified atom stereocenters. The van der Waals surface area contributed by atoms with E-state index in [0.29, 0.717) is 24.4 Å². The molecule has 4 rings (SSSR count). The van der Waals surface area contributed by atoms with Crippen molar-refractivity contribution in [3.05, 3.63) is 60.2 Å². The zero-order valence-corrected chi connectivity index (χ0v) is 15.9. The molecule has 2 aromatic rings. The number of amides is 1. The number of piperidine rings is 1. The summed E-state index contributed by atoms with van der Waals surface area (Å²) in [5.74, 6) is 0.663. The summed E-state index contributed by atoms with van der Waals surface area (Å²) in [5, 5.41) is 10.2. The minimum atomic E-state index is 0.139. The van der Waals surface area contributed by atoms with Gasteiger partial charge in [0, 0.05) is 35.9 Å². The van der Waals surface area contributed by atoms with Gasteiger partial charge in [-0.15, -0.1) is 0 Å². The maximum absolute atomic E-state index is 12.4. The first-order chi connectivity index (χ1) is 13.2. The number of hydrogen-bond donors (Lipinski definition) is 3. The molecule has 0 aliphatic carbocycles. The molecule has 2 bridgehead atoms. The van der Waals surface area contributed by atoms with Gasteiger partial charge in [-0.25, -0.2) is 0 Å². The van der Waals surface area contributed by atoms with E-state index in [1.807, 2.05) is 30.3 Å². The summed E-state index contributed by atoms with van der Waals surface area (Å²) >= 11 is 0. The second-order valence-electron chi connectivity index (χ2n) is 8.08. The van der Waals surface area contributed by atoms with Gasteiger partial charge in [0.1, 0.15) is 0 Å². The number of nitrogens with one attached hydrogen (secondary N) is 3. The molecule has 3 atom stereocenters. The van der Waals surface area contributed by atoms with Gasteiger partial charge in [-0.3, -0.25) is 4.79 Å². The van der Waals surface area contributed by atoms with Crippen LogP contribution in [0.3, 0.4) is 0 Å². The lowest BCUT2D eigenvalue weighted by molar-refractivity contribution is -0.117. The summed E-state index contributed by atoms with van der Waals surface area (Å²) in [6.07, 6.45) is 5.48. The number of anilines is 2. The average Bonchev–Trinajstić information content (AvgIpc) is 3.02. The van der Waals surface area contributed by atoms with Gasteiger partial charge in [0.25, 0.3) is 0 Å². The Hall–Kier alpha value is -2.33. The van der Waals surface area contributed by atoms with Crippen LogP contribution < -0.4 is 16.0 Å². The topological polar surface area (TPSA) is 53.2 Å². The van der Waals surface area contributed by atoms with Gasteiger partial charge >= 0.3 is 0 Å². The average molecular weight is 364 g/mol. The summed E-state index contributed by atoms with van der Waals surface area (Å²) in [5.41, 5.74) is 3.18. The molecule has 0 spiro atoms. The zero-order valence-electron chi connectivity index (χ0n) is 15.9. The van der Waals surface area contributed by atoms with Crippen LogP contribution in [0.25, 0.3) is 0 Å². The summed E-state index contributed by atoms with van der Waals surface area (Å²) in [4.78, 5) is 12.4. The lowest BCUT2D eigenvalue weighted by Crippen LogP contribution is -2.39. The van der Waals surface area contributed by atoms with Crippen LogP contribution in [0.4, 0.5) is 11.4 Å². The van der Waals surface area contributed by atoms with Crippen LogP contribution in [0.2, 0.25) is 0 Å². The molecule has 142 valence electrons. The Balaban J connectivity index is 1.28. The predicted octanol–water partition coefficient (Wildman–Crippen LogP) is 4.72. The van der Waals surface area contributed by atoms with Crippen molar-refractivity contribution in [3.63, 3.8) is 0 Å². The van der Waals surface area contributed by atoms with E-state index in [-0.39, 0.29) is 11.9 Å². The molecular formula is C23H29N3O. The van der Waals surface area contributed by atoms with Crippen LogP contribution in [0, 0.1) is 5.92 Å². The minimum Gasteiger partial charge on any atom is -0.379 e. The number of fused-ring (bicyclic) bond motifs is 2. The normalized spacial score (nSPS) is 25.0. The van der Waals surface area contributed by atoms with Crippen molar-refractivity contribution in [2.75, 3.05) is 10.6 Å². The molecule has 2 aliphatic rings. The molecule has 2 aliphatic heterocycles. The van der Waals surface area contributed by atoms with Gasteiger partial charge in [-0.2, -0.15) is 0 Å². The van der Waals surface area contributed by atoms with Gasteiger partial charge in [-0.05, 0) is 68.4 Å². The summed E-state index contributed by atoms with van der Waals surface area (Å²) < 4.78 is 0. The fraction of sp³-hybridized carbons (Fsp3) is 0.435. The maximum Gasteiger partial charge on any atom is 0.224 e. The molecule has 1 amide bonds. The van der Waals surface area contributed by atoms with Crippen LogP contribution in [-0.2, 0) is 4.79 Å². The monoisotopic (exact) mass is 363 g/mol. The van der Waals surface area contributed by atoms with Gasteiger partial charge < -0.3 is 16.0 Å². The number of carbonyl (C=O) groups is 1. The van der Waals surface area contributed by atoms with Gasteiger partial charge in [0.15, 0.2) is 0 Å². The minimum absolute atomic E-state index is 0.139. The number of hydrogen-bond acceptors (Lipinski definition) is 3. The van der Waals surface area contributed by atoms with E-state index in [4.69, 9.17) is 0 Å². The number of benzene rings is 2. The molecule has 0 radical (unpaired) electrons. The Labute approximate surface area is 161 Å². The van der Waals surface area contributed by atoms with Gasteiger partial charge in [-0.1, -0.05) is 30.3 Å². The van der Waals surface area contributed by atoms with E-state index in [9.17, 15) is 4.79 Å². The Morgan fingerprint density at radius 1 is 1.00 bits per heavy atom. The Morgan fingerprint density at radius 3 is 2.30 bits per heavy atom. The quantitative estimate of drug-likeness (QED) is 0.696. The second kappa shape index (κ2) is 8.13. The second-order valence-corrected chi connectivity index (χ2v) is 8.08. The Bertz CT molecular complexity index is 747. The van der Waals surface area contributed by atoms with Crippen molar-refractivity contribution >= 4 is 17.3 Å². The highest BCUT2D eigenvalue weighted by molar-refractivity contribution is 5.91. The van der Waals surface area contributed by atoms with Crippen LogP contribution in [0.5, 0.6) is 0 Å². The third-order valence-electron chi connectivity index (χ3n) is 5.90. The van der Waals surface area contributed by atoms with Crippen molar-refractivity contribution < 1.29 is 4.79 Å². The van der Waals surface area contributed by atoms with E-state index in [2.05, 4.69) is 47.1 Å². The molecule has 2 heterocycles. The number of carbonyl (C=O) groups excluding carboxylic acids is 1. The highest BCUT2D eigenvalue weighted by atomic mass is 16.1. The molecule has 2 saturated heterocycles. The first-order valence-electron chi connectivity index (χ1n) is 10.1. The smallest absolute Gasteiger partial charge is 0.224 e. The first-order valence-corrected chi connectivity index (χ1v) is 10.1. The predicted molar refractivity (Wildman–Crippen MR) is 111 cm³/mol. The molecule has 27 heavy (non-hydrogen) atoms. The SMILES string of the molecule is CC(Nc1ccc(NC(=O)CC2CC3CCC(C2)N3)cc1)c1ccccc1.